The van der Waals surface area contributed by atoms with Crippen LogP contribution in [0.2, 0.25) is 0 Å². The summed E-state index contributed by atoms with van der Waals surface area (Å²) in [6, 6.07) is 0. The molecular weight excluding hydrogens is 252 g/mol. The van der Waals surface area contributed by atoms with E-state index >= 15 is 0 Å². The number of fused-ring (bicyclic) bond motifs is 1. The van der Waals surface area contributed by atoms with Gasteiger partial charge in [0.05, 0.1) is 17.8 Å². The van der Waals surface area contributed by atoms with Gasteiger partial charge in [-0.3, -0.25) is 0 Å². The maximum absolute atomic E-state index is 10.3. The Morgan fingerprint density at radius 1 is 1.30 bits per heavy atom. The lowest BCUT2D eigenvalue weighted by molar-refractivity contribution is -0.0725. The Labute approximate surface area is 123 Å². The molecule has 2 aliphatic carbocycles. The molecule has 0 amide bonds. The predicted octanol–water partition coefficient (Wildman–Crippen LogP) is 3.13. The van der Waals surface area contributed by atoms with Crippen molar-refractivity contribution in [3.63, 3.8) is 0 Å². The van der Waals surface area contributed by atoms with Gasteiger partial charge in [-0.25, -0.2) is 0 Å². The average Bonchev–Trinajstić information content (AvgIpc) is 2.66. The first kappa shape index (κ1) is 16.3. The minimum Gasteiger partial charge on any atom is -0.393 e. The Hall–Kier alpha value is -0.120. The number of hydrogen-bond acceptors (Lipinski definition) is 3. The lowest BCUT2D eigenvalue weighted by atomic mass is 9.63. The maximum atomic E-state index is 10.3. The van der Waals surface area contributed by atoms with Crippen LogP contribution in [0.4, 0.5) is 0 Å². The van der Waals surface area contributed by atoms with Gasteiger partial charge in [-0.1, -0.05) is 13.3 Å². The van der Waals surface area contributed by atoms with Crippen molar-refractivity contribution in [2.24, 2.45) is 17.3 Å². The van der Waals surface area contributed by atoms with Crippen molar-refractivity contribution < 1.29 is 14.9 Å². The van der Waals surface area contributed by atoms with Crippen LogP contribution in [0, 0.1) is 17.3 Å². The Bertz CT molecular complexity index is 323. The standard InChI is InChI=1S/C17H32O3/c1-12(20-11-10-16(2,3)19)13-7-8-14-15(18)6-5-9-17(13,14)4/h12-15,18-19H,5-11H2,1-4H3/t12-,13+,14-,15-,17?/m0/s1. The molecule has 2 N–H and O–H groups in total. The van der Waals surface area contributed by atoms with Crippen molar-refractivity contribution in [2.75, 3.05) is 6.61 Å². The molecule has 0 heterocycles. The topological polar surface area (TPSA) is 49.7 Å². The van der Waals surface area contributed by atoms with Crippen LogP contribution in [-0.2, 0) is 4.74 Å². The molecular formula is C17H32O3. The van der Waals surface area contributed by atoms with Crippen molar-refractivity contribution in [1.29, 1.82) is 0 Å². The molecule has 2 saturated carbocycles. The summed E-state index contributed by atoms with van der Waals surface area (Å²) in [6.45, 7) is 8.79. The summed E-state index contributed by atoms with van der Waals surface area (Å²) in [5.74, 6) is 1.01. The van der Waals surface area contributed by atoms with Crippen LogP contribution in [0.25, 0.3) is 0 Å². The SMILES string of the molecule is C[C@H](OCCC(C)(C)O)[C@H]1CC[C@H]2[C@@H](O)CCCC12C. The van der Waals surface area contributed by atoms with Gasteiger partial charge >= 0.3 is 0 Å². The van der Waals surface area contributed by atoms with Gasteiger partial charge in [0.1, 0.15) is 0 Å². The van der Waals surface area contributed by atoms with Crippen LogP contribution < -0.4 is 0 Å². The zero-order chi connectivity index (χ0) is 15.0. The van der Waals surface area contributed by atoms with E-state index in [-0.39, 0.29) is 17.6 Å². The Morgan fingerprint density at radius 3 is 2.65 bits per heavy atom. The van der Waals surface area contributed by atoms with Crippen LogP contribution in [0.1, 0.15) is 66.2 Å². The third-order valence-electron chi connectivity index (χ3n) is 5.82. The summed E-state index contributed by atoms with van der Waals surface area (Å²) < 4.78 is 6.01. The second-order valence-corrected chi connectivity index (χ2v) is 7.89. The molecule has 2 fully saturated rings. The van der Waals surface area contributed by atoms with E-state index in [2.05, 4.69) is 13.8 Å². The first-order chi connectivity index (χ1) is 9.24. The molecule has 1 unspecified atom stereocenters. The summed E-state index contributed by atoms with van der Waals surface area (Å²) in [6.07, 6.45) is 6.43. The van der Waals surface area contributed by atoms with Crippen LogP contribution in [0.5, 0.6) is 0 Å². The van der Waals surface area contributed by atoms with Gasteiger partial charge in [-0.05, 0) is 70.1 Å². The lowest BCUT2D eigenvalue weighted by Gasteiger charge is -2.45. The minimum absolute atomic E-state index is 0.109. The molecule has 0 aromatic heterocycles. The Morgan fingerprint density at radius 2 is 2.00 bits per heavy atom. The highest BCUT2D eigenvalue weighted by molar-refractivity contribution is 5.02. The molecule has 5 atom stereocenters. The van der Waals surface area contributed by atoms with E-state index in [9.17, 15) is 10.2 Å². The summed E-state index contributed by atoms with van der Waals surface area (Å²) >= 11 is 0. The van der Waals surface area contributed by atoms with Crippen LogP contribution in [-0.4, -0.2) is 34.6 Å². The molecule has 0 aliphatic heterocycles. The van der Waals surface area contributed by atoms with Gasteiger partial charge < -0.3 is 14.9 Å². The fourth-order valence-electron chi connectivity index (χ4n) is 4.57. The van der Waals surface area contributed by atoms with Gasteiger partial charge in [-0.2, -0.15) is 0 Å². The molecule has 0 aromatic carbocycles. The van der Waals surface area contributed by atoms with E-state index in [0.29, 0.717) is 24.9 Å². The summed E-state index contributed by atoms with van der Waals surface area (Å²) in [7, 11) is 0. The molecule has 0 radical (unpaired) electrons. The number of aliphatic hydroxyl groups excluding tert-OH is 1. The van der Waals surface area contributed by atoms with E-state index in [0.717, 1.165) is 19.3 Å². The molecule has 2 rings (SSSR count). The highest BCUT2D eigenvalue weighted by Crippen LogP contribution is 2.56. The highest BCUT2D eigenvalue weighted by Gasteiger charge is 2.52. The first-order valence-corrected chi connectivity index (χ1v) is 8.26. The molecule has 0 saturated heterocycles. The van der Waals surface area contributed by atoms with Gasteiger partial charge in [0.15, 0.2) is 0 Å². The van der Waals surface area contributed by atoms with E-state index in [4.69, 9.17) is 4.74 Å². The Balaban J connectivity index is 1.92. The van der Waals surface area contributed by atoms with E-state index in [1.165, 1.54) is 12.8 Å². The van der Waals surface area contributed by atoms with Crippen molar-refractivity contribution in [3.8, 4) is 0 Å². The smallest absolute Gasteiger partial charge is 0.0613 e. The monoisotopic (exact) mass is 284 g/mol. The second-order valence-electron chi connectivity index (χ2n) is 7.89. The maximum Gasteiger partial charge on any atom is 0.0613 e. The van der Waals surface area contributed by atoms with Gasteiger partial charge in [-0.15, -0.1) is 0 Å². The summed E-state index contributed by atoms with van der Waals surface area (Å²) in [4.78, 5) is 0. The summed E-state index contributed by atoms with van der Waals surface area (Å²) in [5, 5.41) is 20.0. The number of ether oxygens (including phenoxy) is 1. The molecule has 2 aliphatic rings. The molecule has 0 bridgehead atoms. The molecule has 0 spiro atoms. The predicted molar refractivity (Wildman–Crippen MR) is 80.5 cm³/mol. The minimum atomic E-state index is -0.650. The molecule has 3 heteroatoms. The normalized spacial score (nSPS) is 39.6. The van der Waals surface area contributed by atoms with Gasteiger partial charge in [0, 0.05) is 6.61 Å². The first-order valence-electron chi connectivity index (χ1n) is 8.26. The van der Waals surface area contributed by atoms with E-state index < -0.39 is 5.60 Å². The molecule has 118 valence electrons. The fourth-order valence-corrected chi connectivity index (χ4v) is 4.57. The number of hydrogen-bond donors (Lipinski definition) is 2. The van der Waals surface area contributed by atoms with Crippen molar-refractivity contribution in [3.05, 3.63) is 0 Å². The lowest BCUT2D eigenvalue weighted by Crippen LogP contribution is -2.43. The van der Waals surface area contributed by atoms with Crippen LogP contribution in [0.15, 0.2) is 0 Å². The van der Waals surface area contributed by atoms with Crippen LogP contribution >= 0.6 is 0 Å². The van der Waals surface area contributed by atoms with Crippen molar-refractivity contribution in [2.45, 2.75) is 84.0 Å². The van der Waals surface area contributed by atoms with Crippen LogP contribution in [0.3, 0.4) is 0 Å². The molecule has 20 heavy (non-hydrogen) atoms. The fraction of sp³-hybridized carbons (Fsp3) is 1.00. The molecule has 0 aromatic rings. The Kier molecular flexibility index (Phi) is 4.83. The summed E-state index contributed by atoms with van der Waals surface area (Å²) in [5.41, 5.74) is -0.408. The zero-order valence-corrected chi connectivity index (χ0v) is 13.6. The number of aliphatic hydroxyl groups is 2. The van der Waals surface area contributed by atoms with E-state index in [1.54, 1.807) is 0 Å². The van der Waals surface area contributed by atoms with Crippen molar-refractivity contribution in [1.82, 2.24) is 0 Å². The zero-order valence-electron chi connectivity index (χ0n) is 13.6. The van der Waals surface area contributed by atoms with Gasteiger partial charge in [0.2, 0.25) is 0 Å². The number of rotatable bonds is 5. The van der Waals surface area contributed by atoms with Crippen molar-refractivity contribution >= 4 is 0 Å². The quantitative estimate of drug-likeness (QED) is 0.815. The molecule has 3 nitrogen and oxygen atoms in total. The van der Waals surface area contributed by atoms with E-state index in [1.807, 2.05) is 13.8 Å². The third-order valence-corrected chi connectivity index (χ3v) is 5.82. The average molecular weight is 284 g/mol. The third kappa shape index (κ3) is 3.37. The largest absolute Gasteiger partial charge is 0.393 e. The highest BCUT2D eigenvalue weighted by atomic mass is 16.5. The second kappa shape index (κ2) is 5.94. The van der Waals surface area contributed by atoms with Gasteiger partial charge in [0.25, 0.3) is 0 Å².